The molecule has 1 aromatic carbocycles. The van der Waals surface area contributed by atoms with Crippen LogP contribution in [0.25, 0.3) is 11.0 Å². The van der Waals surface area contributed by atoms with Gasteiger partial charge >= 0.3 is 6.09 Å². The van der Waals surface area contributed by atoms with Crippen molar-refractivity contribution in [3.05, 3.63) is 53.1 Å². The molecule has 2 aromatic heterocycles. The van der Waals surface area contributed by atoms with E-state index in [4.69, 9.17) is 9.72 Å². The summed E-state index contributed by atoms with van der Waals surface area (Å²) in [6, 6.07) is 8.85. The van der Waals surface area contributed by atoms with Gasteiger partial charge in [0.2, 0.25) is 0 Å². The number of rotatable bonds is 4. The third-order valence-electron chi connectivity index (χ3n) is 7.20. The molecule has 35 heavy (non-hydrogen) atoms. The largest absolute Gasteiger partial charge is 0.444 e. The normalized spacial score (nSPS) is 19.2. The lowest BCUT2D eigenvalue weighted by Gasteiger charge is -2.34. The standard InChI is InChI=1S/C28H37N5O2/c1-18-12-25-26(16-29-18)33(19(2)30-25)24-8-10-32(11-9-24)17-20-13-21-6-7-23(15-22(21)14-20)31-27(34)35-28(3,4)5/h6-7,12,15-16,20,24H,8-11,13-14,17H2,1-5H3,(H,31,34)/t20-/m0/s1. The first-order valence-corrected chi connectivity index (χ1v) is 12.8. The molecular weight excluding hydrogens is 438 g/mol. The van der Waals surface area contributed by atoms with Gasteiger partial charge in [-0.3, -0.25) is 10.3 Å². The maximum Gasteiger partial charge on any atom is 0.412 e. The topological polar surface area (TPSA) is 72.3 Å². The number of carbonyl (C=O) groups is 1. The van der Waals surface area contributed by atoms with Crippen molar-refractivity contribution >= 4 is 22.8 Å². The fourth-order valence-corrected chi connectivity index (χ4v) is 5.74. The molecule has 3 aromatic rings. The average molecular weight is 476 g/mol. The third-order valence-corrected chi connectivity index (χ3v) is 7.20. The van der Waals surface area contributed by atoms with Gasteiger partial charge in [-0.05, 0) is 95.5 Å². The summed E-state index contributed by atoms with van der Waals surface area (Å²) in [6.45, 7) is 13.1. The molecule has 7 nitrogen and oxygen atoms in total. The lowest BCUT2D eigenvalue weighted by Crippen LogP contribution is -2.38. The Morgan fingerprint density at radius 2 is 1.86 bits per heavy atom. The molecule has 1 fully saturated rings. The zero-order valence-corrected chi connectivity index (χ0v) is 21.6. The van der Waals surface area contributed by atoms with Crippen LogP contribution in [-0.2, 0) is 17.6 Å². The Bertz CT molecular complexity index is 1230. The second kappa shape index (κ2) is 9.26. The quantitative estimate of drug-likeness (QED) is 0.543. The van der Waals surface area contributed by atoms with Crippen LogP contribution >= 0.6 is 0 Å². The van der Waals surface area contributed by atoms with Crippen LogP contribution in [0.4, 0.5) is 10.5 Å². The molecule has 1 N–H and O–H groups in total. The van der Waals surface area contributed by atoms with Crippen molar-refractivity contribution in [1.82, 2.24) is 19.4 Å². The first-order valence-electron chi connectivity index (χ1n) is 12.8. The van der Waals surface area contributed by atoms with Crippen molar-refractivity contribution in [2.24, 2.45) is 5.92 Å². The number of aromatic nitrogens is 3. The van der Waals surface area contributed by atoms with Gasteiger partial charge in [0, 0.05) is 37.1 Å². The number of imidazole rings is 1. The maximum absolute atomic E-state index is 12.1. The van der Waals surface area contributed by atoms with E-state index in [0.717, 1.165) is 73.6 Å². The smallest absolute Gasteiger partial charge is 0.412 e. The van der Waals surface area contributed by atoms with Crippen LogP contribution in [0.3, 0.4) is 0 Å². The summed E-state index contributed by atoms with van der Waals surface area (Å²) < 4.78 is 7.79. The number of carbonyl (C=O) groups excluding carboxylic acids is 1. The Labute approximate surface area is 207 Å². The van der Waals surface area contributed by atoms with Crippen LogP contribution in [0, 0.1) is 19.8 Å². The molecule has 2 aliphatic rings. The summed E-state index contributed by atoms with van der Waals surface area (Å²) >= 11 is 0. The van der Waals surface area contributed by atoms with Crippen LogP contribution in [0.1, 0.15) is 62.3 Å². The van der Waals surface area contributed by atoms with Crippen molar-refractivity contribution < 1.29 is 9.53 Å². The highest BCUT2D eigenvalue weighted by atomic mass is 16.6. The van der Waals surface area contributed by atoms with Crippen LogP contribution in [0.5, 0.6) is 0 Å². The van der Waals surface area contributed by atoms with Crippen LogP contribution < -0.4 is 5.32 Å². The Hall–Kier alpha value is -2.93. The van der Waals surface area contributed by atoms with Gasteiger partial charge in [-0.15, -0.1) is 0 Å². The van der Waals surface area contributed by atoms with E-state index in [0.29, 0.717) is 12.0 Å². The van der Waals surface area contributed by atoms with Gasteiger partial charge in [-0.2, -0.15) is 0 Å². The number of hydrogen-bond acceptors (Lipinski definition) is 5. The molecule has 1 aliphatic carbocycles. The number of hydrogen-bond donors (Lipinski definition) is 1. The summed E-state index contributed by atoms with van der Waals surface area (Å²) in [5, 5.41) is 2.88. The maximum atomic E-state index is 12.1. The first kappa shape index (κ1) is 23.8. The summed E-state index contributed by atoms with van der Waals surface area (Å²) in [5.41, 5.74) is 6.30. The monoisotopic (exact) mass is 475 g/mol. The molecule has 1 amide bonds. The van der Waals surface area contributed by atoms with Crippen molar-refractivity contribution in [2.45, 2.75) is 71.9 Å². The SMILES string of the molecule is Cc1cc2nc(C)n(C3CCN(C[C@H]4Cc5ccc(NC(=O)OC(C)(C)C)cc5C4)CC3)c2cn1. The van der Waals surface area contributed by atoms with Gasteiger partial charge in [-0.25, -0.2) is 9.78 Å². The lowest BCUT2D eigenvalue weighted by atomic mass is 10.0. The van der Waals surface area contributed by atoms with Gasteiger partial charge in [0.15, 0.2) is 0 Å². The minimum absolute atomic E-state index is 0.401. The summed E-state index contributed by atoms with van der Waals surface area (Å²) in [4.78, 5) is 24.1. The van der Waals surface area contributed by atoms with E-state index in [1.54, 1.807) is 0 Å². The first-order chi connectivity index (χ1) is 16.6. The number of benzene rings is 1. The molecule has 5 rings (SSSR count). The van der Waals surface area contributed by atoms with Gasteiger partial charge in [0.1, 0.15) is 11.4 Å². The zero-order chi connectivity index (χ0) is 24.7. The Morgan fingerprint density at radius 1 is 1.11 bits per heavy atom. The summed E-state index contributed by atoms with van der Waals surface area (Å²) in [6.07, 6.45) is 6.04. The molecule has 7 heteroatoms. The predicted molar refractivity (Wildman–Crippen MR) is 139 cm³/mol. The molecule has 1 saturated heterocycles. The van der Waals surface area contributed by atoms with E-state index < -0.39 is 11.7 Å². The number of nitrogens with one attached hydrogen (secondary N) is 1. The fraction of sp³-hybridized carbons (Fsp3) is 0.536. The molecule has 0 radical (unpaired) electrons. The number of piperidine rings is 1. The second-order valence-electron chi connectivity index (χ2n) is 11.3. The van der Waals surface area contributed by atoms with Crippen LogP contribution in [0.2, 0.25) is 0 Å². The highest BCUT2D eigenvalue weighted by Crippen LogP contribution is 2.32. The molecule has 0 bridgehead atoms. The summed E-state index contributed by atoms with van der Waals surface area (Å²) in [5.74, 6) is 1.72. The molecule has 1 atom stereocenters. The van der Waals surface area contributed by atoms with Gasteiger partial charge in [-0.1, -0.05) is 6.07 Å². The fourth-order valence-electron chi connectivity index (χ4n) is 5.74. The molecule has 186 valence electrons. The van der Waals surface area contributed by atoms with Gasteiger partial charge < -0.3 is 14.2 Å². The molecule has 0 spiro atoms. The van der Waals surface area contributed by atoms with E-state index >= 15 is 0 Å². The van der Waals surface area contributed by atoms with E-state index in [2.05, 4.69) is 44.9 Å². The zero-order valence-electron chi connectivity index (χ0n) is 21.6. The molecule has 3 heterocycles. The molecular formula is C28H37N5O2. The number of anilines is 1. The number of amides is 1. The predicted octanol–water partition coefficient (Wildman–Crippen LogP) is 5.45. The number of nitrogens with zero attached hydrogens (tertiary/aromatic N) is 4. The van der Waals surface area contributed by atoms with Crippen LogP contribution in [0.15, 0.2) is 30.5 Å². The van der Waals surface area contributed by atoms with Crippen molar-refractivity contribution in [3.63, 3.8) is 0 Å². The molecule has 0 saturated carbocycles. The van der Waals surface area contributed by atoms with Gasteiger partial charge in [0.05, 0.1) is 17.2 Å². The van der Waals surface area contributed by atoms with Crippen LogP contribution in [-0.4, -0.2) is 50.8 Å². The minimum atomic E-state index is -0.501. The number of likely N-dealkylation sites (tertiary alicyclic amines) is 1. The van der Waals surface area contributed by atoms with Crippen molar-refractivity contribution in [1.29, 1.82) is 0 Å². The average Bonchev–Trinajstić information content (AvgIpc) is 3.31. The van der Waals surface area contributed by atoms with E-state index in [9.17, 15) is 4.79 Å². The molecule has 0 unspecified atom stereocenters. The number of fused-ring (bicyclic) bond motifs is 2. The van der Waals surface area contributed by atoms with Crippen molar-refractivity contribution in [2.75, 3.05) is 25.0 Å². The summed E-state index contributed by atoms with van der Waals surface area (Å²) in [7, 11) is 0. The van der Waals surface area contributed by atoms with E-state index in [1.165, 1.54) is 11.1 Å². The van der Waals surface area contributed by atoms with Gasteiger partial charge in [0.25, 0.3) is 0 Å². The number of ether oxygens (including phenoxy) is 1. The number of pyridine rings is 1. The van der Waals surface area contributed by atoms with E-state index in [1.807, 2.05) is 40.0 Å². The molecule has 1 aliphatic heterocycles. The highest BCUT2D eigenvalue weighted by molar-refractivity contribution is 5.85. The Morgan fingerprint density at radius 3 is 2.60 bits per heavy atom. The lowest BCUT2D eigenvalue weighted by molar-refractivity contribution is 0.0636. The minimum Gasteiger partial charge on any atom is -0.444 e. The van der Waals surface area contributed by atoms with E-state index in [-0.39, 0.29) is 0 Å². The van der Waals surface area contributed by atoms with Crippen molar-refractivity contribution in [3.8, 4) is 0 Å². The Kier molecular flexibility index (Phi) is 6.30. The number of aryl methyl sites for hydroxylation is 2. The highest BCUT2D eigenvalue weighted by Gasteiger charge is 2.28. The Balaban J connectivity index is 1.16. The third kappa shape index (κ3) is 5.35. The second-order valence-corrected chi connectivity index (χ2v) is 11.3.